The second-order valence-corrected chi connectivity index (χ2v) is 11.0. The summed E-state index contributed by atoms with van der Waals surface area (Å²) in [4.78, 5) is 17.6. The first-order valence-electron chi connectivity index (χ1n) is 13.6. The first-order chi connectivity index (χ1) is 19.7. The van der Waals surface area contributed by atoms with Gasteiger partial charge in [0.1, 0.15) is 11.5 Å². The van der Waals surface area contributed by atoms with Gasteiger partial charge >= 0.3 is 5.97 Å². The summed E-state index contributed by atoms with van der Waals surface area (Å²) >= 11 is 0. The number of carbonyl (C=O) groups is 1. The molecule has 0 aromatic heterocycles. The van der Waals surface area contributed by atoms with Gasteiger partial charge < -0.3 is 29.9 Å². The topological polar surface area (TPSA) is 66.1 Å². The lowest BCUT2D eigenvalue weighted by Gasteiger charge is -2.37. The number of aryl methyl sites for hydroxylation is 1. The van der Waals surface area contributed by atoms with E-state index in [0.717, 1.165) is 39.3 Å². The number of ether oxygens (including phenoxy) is 2. The number of nitrogens with one attached hydrogen (secondary N) is 2. The van der Waals surface area contributed by atoms with Crippen molar-refractivity contribution in [3.05, 3.63) is 125 Å². The van der Waals surface area contributed by atoms with Gasteiger partial charge in [-0.25, -0.2) is 4.79 Å². The third-order valence-corrected chi connectivity index (χ3v) is 7.73. The molecule has 0 amide bonds. The van der Waals surface area contributed by atoms with Crippen LogP contribution in [-0.2, 0) is 16.9 Å². The van der Waals surface area contributed by atoms with Crippen LogP contribution in [0.3, 0.4) is 0 Å². The maximum atomic E-state index is 13.5. The zero-order valence-corrected chi connectivity index (χ0v) is 24.0. The van der Waals surface area contributed by atoms with E-state index in [1.54, 1.807) is 0 Å². The summed E-state index contributed by atoms with van der Waals surface area (Å²) in [5.41, 5.74) is 6.88. The summed E-state index contributed by atoms with van der Waals surface area (Å²) in [5, 5.41) is 6.61. The number of benzene rings is 4. The Morgan fingerprint density at radius 3 is 1.98 bits per heavy atom. The van der Waals surface area contributed by atoms with Crippen molar-refractivity contribution < 1.29 is 14.3 Å². The van der Waals surface area contributed by atoms with Crippen LogP contribution in [0.25, 0.3) is 0 Å². The van der Waals surface area contributed by atoms with Crippen LogP contribution in [0.1, 0.15) is 38.2 Å². The first kappa shape index (κ1) is 26.3. The lowest BCUT2D eigenvalue weighted by Crippen LogP contribution is -2.33. The second-order valence-electron chi connectivity index (χ2n) is 11.0. The van der Waals surface area contributed by atoms with Gasteiger partial charge in [-0.2, -0.15) is 0 Å². The summed E-state index contributed by atoms with van der Waals surface area (Å²) in [7, 11) is 7.95. The number of hydrogen-bond donors (Lipinski definition) is 2. The minimum atomic E-state index is -1.12. The van der Waals surface area contributed by atoms with Gasteiger partial charge in [0.05, 0.1) is 11.4 Å². The highest BCUT2D eigenvalue weighted by atomic mass is 16.6. The fraction of sp³-hybridized carbons (Fsp3) is 0.206. The highest BCUT2D eigenvalue weighted by Gasteiger charge is 2.53. The molecule has 0 bridgehead atoms. The van der Waals surface area contributed by atoms with Crippen LogP contribution in [0.15, 0.2) is 91.3 Å². The number of hydrogen-bond acceptors (Lipinski definition) is 7. The van der Waals surface area contributed by atoms with E-state index in [-0.39, 0.29) is 5.97 Å². The fourth-order valence-corrected chi connectivity index (χ4v) is 5.47. The van der Waals surface area contributed by atoms with Gasteiger partial charge in [0.2, 0.25) is 0 Å². The third-order valence-electron chi connectivity index (χ3n) is 7.73. The van der Waals surface area contributed by atoms with Crippen molar-refractivity contribution in [2.24, 2.45) is 0 Å². The van der Waals surface area contributed by atoms with Crippen LogP contribution in [-0.4, -0.2) is 34.2 Å². The van der Waals surface area contributed by atoms with Crippen LogP contribution >= 0.6 is 0 Å². The van der Waals surface area contributed by atoms with Crippen LogP contribution < -0.4 is 25.2 Å². The van der Waals surface area contributed by atoms with Crippen LogP contribution in [0.5, 0.6) is 11.5 Å². The van der Waals surface area contributed by atoms with Crippen molar-refractivity contribution in [1.82, 2.24) is 5.32 Å². The van der Waals surface area contributed by atoms with E-state index in [9.17, 15) is 4.79 Å². The smallest absolute Gasteiger partial charge is 0.340 e. The highest BCUT2D eigenvalue weighted by Crippen LogP contribution is 2.57. The molecule has 2 heterocycles. The predicted octanol–water partition coefficient (Wildman–Crippen LogP) is 6.37. The molecule has 0 saturated carbocycles. The molecule has 6 rings (SSSR count). The monoisotopic (exact) mass is 546 g/mol. The summed E-state index contributed by atoms with van der Waals surface area (Å²) in [6.45, 7) is 6.83. The molecule has 4 aromatic rings. The minimum Gasteiger partial charge on any atom is -0.456 e. The second kappa shape index (κ2) is 9.93. The van der Waals surface area contributed by atoms with Crippen molar-refractivity contribution in [1.29, 1.82) is 0 Å². The van der Waals surface area contributed by atoms with Gasteiger partial charge in [-0.3, -0.25) is 0 Å². The minimum absolute atomic E-state index is 0.381. The Kier molecular flexibility index (Phi) is 6.37. The zero-order valence-electron chi connectivity index (χ0n) is 24.0. The molecular weight excluding hydrogens is 512 g/mol. The van der Waals surface area contributed by atoms with Gasteiger partial charge in [0.25, 0.3) is 0 Å². The molecule has 7 nitrogen and oxygen atoms in total. The molecule has 2 aliphatic heterocycles. The number of rotatable bonds is 7. The number of anilines is 3. The Bertz CT molecular complexity index is 1620. The van der Waals surface area contributed by atoms with E-state index in [0.29, 0.717) is 29.4 Å². The molecule has 0 unspecified atom stereocenters. The Morgan fingerprint density at radius 1 is 0.805 bits per heavy atom. The average Bonchev–Trinajstić information content (AvgIpc) is 3.24. The van der Waals surface area contributed by atoms with Crippen LogP contribution in [0.2, 0.25) is 0 Å². The maximum Gasteiger partial charge on any atom is 0.340 e. The molecule has 0 radical (unpaired) electrons. The summed E-state index contributed by atoms with van der Waals surface area (Å²) in [6, 6.07) is 26.1. The van der Waals surface area contributed by atoms with Gasteiger partial charge in [0, 0.05) is 80.6 Å². The van der Waals surface area contributed by atoms with Crippen molar-refractivity contribution in [2.75, 3.05) is 43.3 Å². The Labute approximate surface area is 241 Å². The van der Waals surface area contributed by atoms with Gasteiger partial charge in [-0.15, -0.1) is 0 Å². The Hall–Kier alpha value is -4.91. The SMILES string of the molecule is C=C(NCc1ccc(C)cc1)Nc1ccc2c(c1)C(=O)OC21c2ccc(N(C)C)cc2Oc2cc(N(C)C)ccc21. The lowest BCUT2D eigenvalue weighted by molar-refractivity contribution is 0.0224. The van der Waals surface area contributed by atoms with Gasteiger partial charge in [-0.1, -0.05) is 42.5 Å². The number of nitrogens with zero attached hydrogens (tertiary/aromatic N) is 2. The van der Waals surface area contributed by atoms with E-state index in [2.05, 4.69) is 48.4 Å². The largest absolute Gasteiger partial charge is 0.456 e. The molecular formula is C34H34N4O3. The molecule has 4 aromatic carbocycles. The van der Waals surface area contributed by atoms with E-state index in [1.807, 2.05) is 92.6 Å². The Morgan fingerprint density at radius 2 is 1.39 bits per heavy atom. The number of fused-ring (bicyclic) bond motifs is 6. The van der Waals surface area contributed by atoms with Crippen molar-refractivity contribution in [3.8, 4) is 11.5 Å². The standard InChI is InChI=1S/C34H34N4O3/c1-21-7-9-23(10-8-21)20-35-22(2)36-24-11-14-28-27(17-24)33(39)41-34(28)29-15-12-25(37(3)4)18-31(29)40-32-19-26(38(5)6)13-16-30(32)34/h7-19,35-36H,2,20H2,1,3-6H3. The van der Waals surface area contributed by atoms with Gasteiger partial charge in [0.15, 0.2) is 5.60 Å². The molecule has 0 fully saturated rings. The van der Waals surface area contributed by atoms with E-state index in [1.165, 1.54) is 5.56 Å². The van der Waals surface area contributed by atoms with Crippen LogP contribution in [0.4, 0.5) is 17.1 Å². The third kappa shape index (κ3) is 4.53. The summed E-state index contributed by atoms with van der Waals surface area (Å²) in [6.07, 6.45) is 0. The average molecular weight is 547 g/mol. The van der Waals surface area contributed by atoms with Crippen molar-refractivity contribution in [3.63, 3.8) is 0 Å². The summed E-state index contributed by atoms with van der Waals surface area (Å²) < 4.78 is 12.8. The lowest BCUT2D eigenvalue weighted by atomic mass is 9.77. The maximum absolute atomic E-state index is 13.5. The normalized spacial score (nSPS) is 13.8. The highest BCUT2D eigenvalue weighted by molar-refractivity contribution is 5.98. The molecule has 1 spiro atoms. The molecule has 7 heteroatoms. The quantitative estimate of drug-likeness (QED) is 0.261. The van der Waals surface area contributed by atoms with E-state index >= 15 is 0 Å². The first-order valence-corrected chi connectivity index (χ1v) is 13.6. The van der Waals surface area contributed by atoms with Gasteiger partial charge in [-0.05, 0) is 48.9 Å². The predicted molar refractivity (Wildman–Crippen MR) is 164 cm³/mol. The Balaban J connectivity index is 1.37. The number of esters is 1. The molecule has 208 valence electrons. The van der Waals surface area contributed by atoms with E-state index in [4.69, 9.17) is 9.47 Å². The fourth-order valence-electron chi connectivity index (χ4n) is 5.47. The molecule has 41 heavy (non-hydrogen) atoms. The molecule has 0 saturated heterocycles. The van der Waals surface area contributed by atoms with Crippen molar-refractivity contribution >= 4 is 23.0 Å². The molecule has 0 atom stereocenters. The number of carbonyl (C=O) groups excluding carboxylic acids is 1. The van der Waals surface area contributed by atoms with E-state index < -0.39 is 5.60 Å². The summed E-state index contributed by atoms with van der Waals surface area (Å²) in [5.74, 6) is 1.59. The molecule has 0 aliphatic carbocycles. The zero-order chi connectivity index (χ0) is 28.9. The van der Waals surface area contributed by atoms with Crippen molar-refractivity contribution in [2.45, 2.75) is 19.1 Å². The molecule has 2 aliphatic rings. The van der Waals surface area contributed by atoms with Crippen LogP contribution in [0, 0.1) is 6.92 Å². The molecule has 2 N–H and O–H groups in total.